The number of ether oxygens (including phenoxy) is 1. The average molecular weight is 227 g/mol. The highest BCUT2D eigenvalue weighted by molar-refractivity contribution is 6.32. The van der Waals surface area contributed by atoms with Gasteiger partial charge in [0.25, 0.3) is 0 Å². The summed E-state index contributed by atoms with van der Waals surface area (Å²) in [6.45, 7) is 1.72. The first-order chi connectivity index (χ1) is 7.16. The molecule has 1 aromatic rings. The van der Waals surface area contributed by atoms with E-state index < -0.39 is 6.10 Å². The van der Waals surface area contributed by atoms with Crippen molar-refractivity contribution in [3.05, 3.63) is 28.8 Å². The lowest BCUT2D eigenvalue weighted by Crippen LogP contribution is -2.24. The van der Waals surface area contributed by atoms with E-state index in [1.54, 1.807) is 13.0 Å². The fourth-order valence-corrected chi connectivity index (χ4v) is 1.77. The number of hydrogen-bond acceptors (Lipinski definition) is 2. The van der Waals surface area contributed by atoms with Crippen molar-refractivity contribution in [2.24, 2.45) is 0 Å². The molecule has 1 saturated carbocycles. The summed E-state index contributed by atoms with van der Waals surface area (Å²) in [7, 11) is 0. The maximum atomic E-state index is 9.38. The molecule has 0 aliphatic heterocycles. The Morgan fingerprint density at radius 1 is 1.47 bits per heavy atom. The maximum absolute atomic E-state index is 9.38. The minimum atomic E-state index is -0.486. The molecule has 0 heterocycles. The molecule has 0 aromatic heterocycles. The highest BCUT2D eigenvalue weighted by Gasteiger charge is 2.20. The minimum Gasteiger partial charge on any atom is -0.489 e. The summed E-state index contributed by atoms with van der Waals surface area (Å²) >= 11 is 6.06. The van der Waals surface area contributed by atoms with Gasteiger partial charge < -0.3 is 9.84 Å². The van der Waals surface area contributed by atoms with Crippen molar-refractivity contribution in [1.29, 1.82) is 0 Å². The fourth-order valence-electron chi connectivity index (χ4n) is 1.54. The number of halogens is 1. The van der Waals surface area contributed by atoms with Crippen LogP contribution in [0.3, 0.4) is 0 Å². The third-order valence-electron chi connectivity index (χ3n) is 2.78. The molecule has 1 aliphatic carbocycles. The zero-order chi connectivity index (χ0) is 10.8. The fraction of sp³-hybridized carbons (Fsp3) is 0.500. The standard InChI is InChI=1S/C12H15ClO2/c1-8(14)9-5-6-12(11(13)7-9)15-10-3-2-4-10/h5-8,10,14H,2-4H2,1H3. The first-order valence-corrected chi connectivity index (χ1v) is 5.69. The van der Waals surface area contributed by atoms with Crippen LogP contribution in [0.15, 0.2) is 18.2 Å². The molecule has 1 N–H and O–H groups in total. The SMILES string of the molecule is CC(O)c1ccc(OC2CCC2)c(Cl)c1. The second-order valence-electron chi connectivity index (χ2n) is 4.04. The Morgan fingerprint density at radius 2 is 2.20 bits per heavy atom. The molecular formula is C12H15ClO2. The molecule has 0 radical (unpaired) electrons. The van der Waals surface area contributed by atoms with E-state index in [0.717, 1.165) is 24.2 Å². The van der Waals surface area contributed by atoms with E-state index in [9.17, 15) is 5.11 Å². The summed E-state index contributed by atoms with van der Waals surface area (Å²) in [4.78, 5) is 0. The molecule has 2 rings (SSSR count). The van der Waals surface area contributed by atoms with Crippen LogP contribution in [0.1, 0.15) is 37.9 Å². The van der Waals surface area contributed by atoms with Crippen LogP contribution < -0.4 is 4.74 Å². The van der Waals surface area contributed by atoms with Crippen LogP contribution >= 0.6 is 11.6 Å². The number of rotatable bonds is 3. The predicted molar refractivity (Wildman–Crippen MR) is 60.4 cm³/mol. The van der Waals surface area contributed by atoms with Crippen molar-refractivity contribution in [3.8, 4) is 5.75 Å². The molecule has 1 unspecified atom stereocenters. The van der Waals surface area contributed by atoms with E-state index >= 15 is 0 Å². The first kappa shape index (κ1) is 10.8. The second-order valence-corrected chi connectivity index (χ2v) is 4.44. The van der Waals surface area contributed by atoms with Crippen LogP contribution in [0.5, 0.6) is 5.75 Å². The van der Waals surface area contributed by atoms with Gasteiger partial charge in [0.1, 0.15) is 5.75 Å². The average Bonchev–Trinajstić information content (AvgIpc) is 2.12. The number of aliphatic hydroxyl groups is 1. The van der Waals surface area contributed by atoms with Gasteiger partial charge in [-0.25, -0.2) is 0 Å². The molecule has 15 heavy (non-hydrogen) atoms. The molecule has 1 atom stereocenters. The van der Waals surface area contributed by atoms with Crippen LogP contribution in [-0.2, 0) is 0 Å². The smallest absolute Gasteiger partial charge is 0.138 e. The molecule has 1 aromatic carbocycles. The van der Waals surface area contributed by atoms with Gasteiger partial charge in [0.05, 0.1) is 17.2 Å². The highest BCUT2D eigenvalue weighted by atomic mass is 35.5. The Labute approximate surface area is 94.8 Å². The maximum Gasteiger partial charge on any atom is 0.138 e. The van der Waals surface area contributed by atoms with E-state index in [0.29, 0.717) is 11.1 Å². The summed E-state index contributed by atoms with van der Waals surface area (Å²) in [5, 5.41) is 9.96. The third-order valence-corrected chi connectivity index (χ3v) is 3.08. The van der Waals surface area contributed by atoms with Gasteiger partial charge in [-0.1, -0.05) is 17.7 Å². The van der Waals surface area contributed by atoms with Crippen LogP contribution in [0.25, 0.3) is 0 Å². The molecular weight excluding hydrogens is 212 g/mol. The number of aliphatic hydroxyl groups excluding tert-OH is 1. The van der Waals surface area contributed by atoms with Gasteiger partial charge in [-0.05, 0) is 43.9 Å². The first-order valence-electron chi connectivity index (χ1n) is 5.31. The van der Waals surface area contributed by atoms with E-state index in [1.165, 1.54) is 6.42 Å². The molecule has 1 fully saturated rings. The van der Waals surface area contributed by atoms with Crippen LogP contribution in [-0.4, -0.2) is 11.2 Å². The highest BCUT2D eigenvalue weighted by Crippen LogP contribution is 2.32. The molecule has 0 amide bonds. The molecule has 2 nitrogen and oxygen atoms in total. The normalized spacial score (nSPS) is 18.3. The Bertz CT molecular complexity index is 345. The molecule has 3 heteroatoms. The Balaban J connectivity index is 2.11. The summed E-state index contributed by atoms with van der Waals surface area (Å²) in [5.41, 5.74) is 0.820. The molecule has 0 spiro atoms. The molecule has 0 saturated heterocycles. The van der Waals surface area contributed by atoms with E-state index in [2.05, 4.69) is 0 Å². The van der Waals surface area contributed by atoms with Crippen molar-refractivity contribution in [1.82, 2.24) is 0 Å². The zero-order valence-electron chi connectivity index (χ0n) is 8.74. The van der Waals surface area contributed by atoms with Gasteiger partial charge in [-0.2, -0.15) is 0 Å². The van der Waals surface area contributed by atoms with Crippen molar-refractivity contribution >= 4 is 11.6 Å². The summed E-state index contributed by atoms with van der Waals surface area (Å²) in [6.07, 6.45) is 3.33. The number of benzene rings is 1. The topological polar surface area (TPSA) is 29.5 Å². The van der Waals surface area contributed by atoms with E-state index in [4.69, 9.17) is 16.3 Å². The zero-order valence-corrected chi connectivity index (χ0v) is 9.50. The number of hydrogen-bond donors (Lipinski definition) is 1. The van der Waals surface area contributed by atoms with Crippen LogP contribution in [0, 0.1) is 0 Å². The summed E-state index contributed by atoms with van der Waals surface area (Å²) in [5.74, 6) is 0.728. The quantitative estimate of drug-likeness (QED) is 0.857. The lowest BCUT2D eigenvalue weighted by Gasteiger charge is -2.27. The molecule has 1 aliphatic rings. The van der Waals surface area contributed by atoms with Gasteiger partial charge in [0.15, 0.2) is 0 Å². The van der Waals surface area contributed by atoms with Gasteiger partial charge in [0.2, 0.25) is 0 Å². The molecule has 0 bridgehead atoms. The predicted octanol–water partition coefficient (Wildman–Crippen LogP) is 3.32. The Hall–Kier alpha value is -0.730. The van der Waals surface area contributed by atoms with Gasteiger partial charge in [-0.15, -0.1) is 0 Å². The van der Waals surface area contributed by atoms with Crippen molar-refractivity contribution < 1.29 is 9.84 Å². The lowest BCUT2D eigenvalue weighted by atomic mass is 9.96. The van der Waals surface area contributed by atoms with Gasteiger partial charge in [0, 0.05) is 0 Å². The summed E-state index contributed by atoms with van der Waals surface area (Å²) < 4.78 is 5.70. The van der Waals surface area contributed by atoms with E-state index in [1.807, 2.05) is 12.1 Å². The Kier molecular flexibility index (Phi) is 3.17. The van der Waals surface area contributed by atoms with Crippen molar-refractivity contribution in [2.45, 2.75) is 38.4 Å². The largest absolute Gasteiger partial charge is 0.489 e. The molecule has 82 valence electrons. The van der Waals surface area contributed by atoms with E-state index in [-0.39, 0.29) is 0 Å². The van der Waals surface area contributed by atoms with Crippen molar-refractivity contribution in [3.63, 3.8) is 0 Å². The lowest BCUT2D eigenvalue weighted by molar-refractivity contribution is 0.120. The van der Waals surface area contributed by atoms with Gasteiger partial charge >= 0.3 is 0 Å². The minimum absolute atomic E-state index is 0.333. The van der Waals surface area contributed by atoms with Gasteiger partial charge in [-0.3, -0.25) is 0 Å². The third kappa shape index (κ3) is 2.44. The monoisotopic (exact) mass is 226 g/mol. The van der Waals surface area contributed by atoms with Crippen LogP contribution in [0.2, 0.25) is 5.02 Å². The van der Waals surface area contributed by atoms with Crippen molar-refractivity contribution in [2.75, 3.05) is 0 Å². The Morgan fingerprint density at radius 3 is 2.67 bits per heavy atom. The second kappa shape index (κ2) is 4.42. The summed E-state index contributed by atoms with van der Waals surface area (Å²) in [6, 6.07) is 5.45. The van der Waals surface area contributed by atoms with Crippen LogP contribution in [0.4, 0.5) is 0 Å².